The van der Waals surface area contributed by atoms with Crippen molar-refractivity contribution in [2.45, 2.75) is 6.92 Å². The van der Waals surface area contributed by atoms with Crippen molar-refractivity contribution < 1.29 is 4.42 Å². The maximum Gasteiger partial charge on any atom is 0.145 e. The Morgan fingerprint density at radius 1 is 1.21 bits per heavy atom. The fourth-order valence-corrected chi connectivity index (χ4v) is 1.76. The minimum atomic E-state index is 0.929. The van der Waals surface area contributed by atoms with Gasteiger partial charge in [0.2, 0.25) is 0 Å². The summed E-state index contributed by atoms with van der Waals surface area (Å²) in [5, 5.41) is 2.15. The molecule has 2 nitrogen and oxygen atoms in total. The molecule has 0 radical (unpaired) electrons. The molecule has 0 saturated heterocycles. The van der Waals surface area contributed by atoms with Crippen molar-refractivity contribution in [3.05, 3.63) is 42.3 Å². The van der Waals surface area contributed by atoms with Crippen LogP contribution in [-0.4, -0.2) is 4.98 Å². The number of pyridine rings is 1. The molecule has 0 aliphatic heterocycles. The van der Waals surface area contributed by atoms with Gasteiger partial charge in [0.1, 0.15) is 11.3 Å². The molecule has 2 aromatic heterocycles. The summed E-state index contributed by atoms with van der Waals surface area (Å²) in [6.45, 7) is 1.95. The van der Waals surface area contributed by atoms with Gasteiger partial charge >= 0.3 is 0 Å². The Bertz CT molecular complexity index is 610. The van der Waals surface area contributed by atoms with Crippen LogP contribution in [0.15, 0.2) is 40.9 Å². The van der Waals surface area contributed by atoms with Crippen LogP contribution < -0.4 is 0 Å². The number of hydrogen-bond donors (Lipinski definition) is 0. The highest BCUT2D eigenvalue weighted by atomic mass is 16.3. The number of hydrogen-bond acceptors (Lipinski definition) is 2. The van der Waals surface area contributed by atoms with Crippen LogP contribution in [0.4, 0.5) is 0 Å². The predicted molar refractivity (Wildman–Crippen MR) is 56.3 cm³/mol. The molecule has 0 saturated carbocycles. The Hall–Kier alpha value is -1.83. The number of aryl methyl sites for hydroxylation is 1. The maximum atomic E-state index is 5.64. The molecule has 0 aliphatic rings. The molecule has 0 spiro atoms. The van der Waals surface area contributed by atoms with E-state index in [4.69, 9.17) is 4.42 Å². The third-order valence-corrected chi connectivity index (χ3v) is 2.38. The average Bonchev–Trinajstić information content (AvgIpc) is 2.59. The second-order valence-electron chi connectivity index (χ2n) is 3.42. The van der Waals surface area contributed by atoms with Gasteiger partial charge in [0.25, 0.3) is 0 Å². The smallest absolute Gasteiger partial charge is 0.145 e. The Morgan fingerprint density at radius 2 is 2.07 bits per heavy atom. The molecule has 1 aromatic carbocycles. The Morgan fingerprint density at radius 3 is 3.00 bits per heavy atom. The van der Waals surface area contributed by atoms with Crippen molar-refractivity contribution >= 4 is 21.9 Å². The van der Waals surface area contributed by atoms with Gasteiger partial charge in [-0.3, -0.25) is 4.98 Å². The Kier molecular flexibility index (Phi) is 1.39. The summed E-state index contributed by atoms with van der Waals surface area (Å²) in [5.41, 5.74) is 1.92. The first-order chi connectivity index (χ1) is 6.84. The van der Waals surface area contributed by atoms with Crippen molar-refractivity contribution in [3.63, 3.8) is 0 Å². The van der Waals surface area contributed by atoms with Crippen LogP contribution in [0, 0.1) is 6.92 Å². The van der Waals surface area contributed by atoms with E-state index in [2.05, 4.69) is 4.98 Å². The zero-order valence-electron chi connectivity index (χ0n) is 7.82. The molecule has 0 amide bonds. The second-order valence-corrected chi connectivity index (χ2v) is 3.42. The van der Waals surface area contributed by atoms with E-state index in [9.17, 15) is 0 Å². The minimum Gasteiger partial charge on any atom is -0.461 e. The van der Waals surface area contributed by atoms with Crippen LogP contribution in [0.5, 0.6) is 0 Å². The predicted octanol–water partition coefficient (Wildman–Crippen LogP) is 3.29. The summed E-state index contributed by atoms with van der Waals surface area (Å²) in [4.78, 5) is 4.36. The molecule has 0 unspecified atom stereocenters. The number of furan rings is 1. The molecule has 3 rings (SSSR count). The fourth-order valence-electron chi connectivity index (χ4n) is 1.76. The fraction of sp³-hybridized carbons (Fsp3) is 0.0833. The van der Waals surface area contributed by atoms with Gasteiger partial charge in [-0.15, -0.1) is 0 Å². The first-order valence-corrected chi connectivity index (χ1v) is 4.58. The molecular formula is C12H9NO. The van der Waals surface area contributed by atoms with E-state index < -0.39 is 0 Å². The standard InChI is InChI=1S/C12H9NO/c1-8-6-9-7-13-11-5-3-2-4-10(11)12(9)14-8/h2-7H,1H3. The molecule has 68 valence electrons. The summed E-state index contributed by atoms with van der Waals surface area (Å²) >= 11 is 0. The highest BCUT2D eigenvalue weighted by Gasteiger charge is 2.04. The summed E-state index contributed by atoms with van der Waals surface area (Å²) in [6.07, 6.45) is 1.86. The van der Waals surface area contributed by atoms with E-state index >= 15 is 0 Å². The molecule has 0 bridgehead atoms. The Balaban J connectivity index is 2.60. The van der Waals surface area contributed by atoms with Gasteiger partial charge in [0.15, 0.2) is 0 Å². The van der Waals surface area contributed by atoms with Gasteiger partial charge < -0.3 is 4.42 Å². The molecule has 0 fully saturated rings. The first kappa shape index (κ1) is 7.56. The van der Waals surface area contributed by atoms with Crippen molar-refractivity contribution in [1.29, 1.82) is 0 Å². The SMILES string of the molecule is Cc1cc2cnc3ccccc3c2o1. The molecule has 2 heterocycles. The van der Waals surface area contributed by atoms with Crippen molar-refractivity contribution in [3.8, 4) is 0 Å². The number of rotatable bonds is 0. The summed E-state index contributed by atoms with van der Waals surface area (Å²) in [6, 6.07) is 10.0. The normalized spacial score (nSPS) is 11.2. The van der Waals surface area contributed by atoms with Gasteiger partial charge in [0.05, 0.1) is 5.52 Å². The highest BCUT2D eigenvalue weighted by molar-refractivity contribution is 6.01. The molecule has 0 atom stereocenters. The zero-order chi connectivity index (χ0) is 9.54. The van der Waals surface area contributed by atoms with Crippen LogP contribution in [0.2, 0.25) is 0 Å². The van der Waals surface area contributed by atoms with Crippen molar-refractivity contribution in [2.75, 3.05) is 0 Å². The van der Waals surface area contributed by atoms with E-state index in [1.807, 2.05) is 43.5 Å². The van der Waals surface area contributed by atoms with E-state index in [0.29, 0.717) is 0 Å². The average molecular weight is 183 g/mol. The number of aromatic nitrogens is 1. The van der Waals surface area contributed by atoms with Crippen LogP contribution >= 0.6 is 0 Å². The lowest BCUT2D eigenvalue weighted by Crippen LogP contribution is -1.76. The second kappa shape index (κ2) is 2.58. The summed E-state index contributed by atoms with van der Waals surface area (Å²) in [5.74, 6) is 0.929. The van der Waals surface area contributed by atoms with E-state index in [-0.39, 0.29) is 0 Å². The van der Waals surface area contributed by atoms with E-state index in [1.54, 1.807) is 0 Å². The monoisotopic (exact) mass is 183 g/mol. The summed E-state index contributed by atoms with van der Waals surface area (Å²) in [7, 11) is 0. The minimum absolute atomic E-state index is 0.929. The van der Waals surface area contributed by atoms with Gasteiger partial charge in [-0.2, -0.15) is 0 Å². The van der Waals surface area contributed by atoms with E-state index in [1.165, 1.54) is 0 Å². The van der Waals surface area contributed by atoms with Gasteiger partial charge in [0, 0.05) is 17.0 Å². The first-order valence-electron chi connectivity index (χ1n) is 4.58. The zero-order valence-corrected chi connectivity index (χ0v) is 7.82. The van der Waals surface area contributed by atoms with Gasteiger partial charge in [-0.1, -0.05) is 12.1 Å². The maximum absolute atomic E-state index is 5.64. The van der Waals surface area contributed by atoms with Gasteiger partial charge in [-0.25, -0.2) is 0 Å². The largest absolute Gasteiger partial charge is 0.461 e. The van der Waals surface area contributed by atoms with Crippen molar-refractivity contribution in [2.24, 2.45) is 0 Å². The van der Waals surface area contributed by atoms with Crippen LogP contribution in [-0.2, 0) is 0 Å². The third kappa shape index (κ3) is 0.940. The quantitative estimate of drug-likeness (QED) is 0.534. The molecule has 3 aromatic rings. The topological polar surface area (TPSA) is 26.0 Å². The molecular weight excluding hydrogens is 174 g/mol. The molecule has 14 heavy (non-hydrogen) atoms. The number of benzene rings is 1. The molecule has 2 heteroatoms. The Labute approximate surface area is 81.2 Å². The lowest BCUT2D eigenvalue weighted by Gasteiger charge is -1.95. The van der Waals surface area contributed by atoms with Crippen molar-refractivity contribution in [1.82, 2.24) is 4.98 Å². The van der Waals surface area contributed by atoms with E-state index in [0.717, 1.165) is 27.6 Å². The molecule has 0 N–H and O–H groups in total. The molecule has 0 aliphatic carbocycles. The number of nitrogens with zero attached hydrogens (tertiary/aromatic N) is 1. The lowest BCUT2D eigenvalue weighted by molar-refractivity contribution is 0.581. The highest BCUT2D eigenvalue weighted by Crippen LogP contribution is 2.25. The van der Waals surface area contributed by atoms with Crippen LogP contribution in [0.3, 0.4) is 0 Å². The van der Waals surface area contributed by atoms with Crippen LogP contribution in [0.25, 0.3) is 21.9 Å². The summed E-state index contributed by atoms with van der Waals surface area (Å²) < 4.78 is 5.64. The number of para-hydroxylation sites is 1. The number of fused-ring (bicyclic) bond motifs is 3. The van der Waals surface area contributed by atoms with Crippen LogP contribution in [0.1, 0.15) is 5.76 Å². The third-order valence-electron chi connectivity index (χ3n) is 2.38. The van der Waals surface area contributed by atoms with Gasteiger partial charge in [-0.05, 0) is 25.1 Å². The lowest BCUT2D eigenvalue weighted by atomic mass is 10.2.